The van der Waals surface area contributed by atoms with Crippen molar-refractivity contribution in [2.75, 3.05) is 17.3 Å². The maximum absolute atomic E-state index is 13.4. The molecule has 1 aromatic carbocycles. The minimum atomic E-state index is -3.51. The van der Waals surface area contributed by atoms with E-state index in [-0.39, 0.29) is 11.3 Å². The molecule has 0 saturated carbocycles. The van der Waals surface area contributed by atoms with Crippen LogP contribution < -0.4 is 5.32 Å². The standard InChI is InChI=1S/C10H10FNO5S/c1-18(16,17)5-9(13)12-8-3-2-6(10(14)15)4-7(8)11/h2-4H,5H2,1H3,(H,12,13)(H,14,15). The molecule has 0 aromatic heterocycles. The number of rotatable bonds is 4. The largest absolute Gasteiger partial charge is 0.478 e. The average Bonchev–Trinajstić information content (AvgIpc) is 2.17. The third-order valence-electron chi connectivity index (χ3n) is 1.88. The Balaban J connectivity index is 2.86. The predicted molar refractivity (Wildman–Crippen MR) is 61.7 cm³/mol. The van der Waals surface area contributed by atoms with E-state index in [0.717, 1.165) is 24.5 Å². The first-order chi connectivity index (χ1) is 8.19. The van der Waals surface area contributed by atoms with Gasteiger partial charge in [0.1, 0.15) is 11.6 Å². The molecule has 0 spiro atoms. The van der Waals surface area contributed by atoms with E-state index in [1.807, 2.05) is 5.32 Å². The van der Waals surface area contributed by atoms with E-state index < -0.39 is 33.3 Å². The fraction of sp³-hybridized carbons (Fsp3) is 0.200. The van der Waals surface area contributed by atoms with Crippen molar-refractivity contribution >= 4 is 27.4 Å². The first-order valence-electron chi connectivity index (χ1n) is 4.69. The second-order valence-corrected chi connectivity index (χ2v) is 5.76. The molecule has 0 radical (unpaired) electrons. The number of sulfone groups is 1. The van der Waals surface area contributed by atoms with Gasteiger partial charge < -0.3 is 10.4 Å². The van der Waals surface area contributed by atoms with Crippen LogP contribution in [0.5, 0.6) is 0 Å². The highest BCUT2D eigenvalue weighted by atomic mass is 32.2. The van der Waals surface area contributed by atoms with Crippen LogP contribution in [0.3, 0.4) is 0 Å². The van der Waals surface area contributed by atoms with Gasteiger partial charge in [-0.2, -0.15) is 0 Å². The second-order valence-electron chi connectivity index (χ2n) is 3.62. The number of benzene rings is 1. The third kappa shape index (κ3) is 4.13. The molecule has 1 amide bonds. The molecule has 0 saturated heterocycles. The molecule has 1 aromatic rings. The summed E-state index contributed by atoms with van der Waals surface area (Å²) in [4.78, 5) is 21.8. The van der Waals surface area contributed by atoms with Crippen molar-refractivity contribution in [3.63, 3.8) is 0 Å². The maximum Gasteiger partial charge on any atom is 0.335 e. The number of amides is 1. The van der Waals surface area contributed by atoms with Crippen molar-refractivity contribution in [2.45, 2.75) is 0 Å². The number of anilines is 1. The van der Waals surface area contributed by atoms with Gasteiger partial charge in [0.15, 0.2) is 9.84 Å². The highest BCUT2D eigenvalue weighted by molar-refractivity contribution is 7.91. The summed E-state index contributed by atoms with van der Waals surface area (Å²) >= 11 is 0. The molecule has 0 unspecified atom stereocenters. The van der Waals surface area contributed by atoms with Crippen LogP contribution in [0.4, 0.5) is 10.1 Å². The van der Waals surface area contributed by atoms with E-state index in [1.54, 1.807) is 0 Å². The lowest BCUT2D eigenvalue weighted by molar-refractivity contribution is -0.113. The van der Waals surface area contributed by atoms with Crippen LogP contribution in [0.2, 0.25) is 0 Å². The minimum Gasteiger partial charge on any atom is -0.478 e. The van der Waals surface area contributed by atoms with Gasteiger partial charge >= 0.3 is 5.97 Å². The summed E-state index contributed by atoms with van der Waals surface area (Å²) in [5.41, 5.74) is -0.540. The SMILES string of the molecule is CS(=O)(=O)CC(=O)Nc1ccc(C(=O)O)cc1F. The lowest BCUT2D eigenvalue weighted by Crippen LogP contribution is -2.22. The number of carboxylic acid groups (broad SMARTS) is 1. The average molecular weight is 275 g/mol. The van der Waals surface area contributed by atoms with Crippen molar-refractivity contribution in [3.05, 3.63) is 29.6 Å². The Morgan fingerprint density at radius 3 is 2.44 bits per heavy atom. The van der Waals surface area contributed by atoms with E-state index in [0.29, 0.717) is 0 Å². The number of carbonyl (C=O) groups excluding carboxylic acids is 1. The third-order valence-corrected chi connectivity index (χ3v) is 2.67. The van der Waals surface area contributed by atoms with Crippen LogP contribution in [0.25, 0.3) is 0 Å². The van der Waals surface area contributed by atoms with Crippen molar-refractivity contribution in [3.8, 4) is 0 Å². The maximum atomic E-state index is 13.4. The van der Waals surface area contributed by atoms with Gasteiger partial charge in [-0.3, -0.25) is 4.79 Å². The summed E-state index contributed by atoms with van der Waals surface area (Å²) < 4.78 is 35.0. The van der Waals surface area contributed by atoms with Gasteiger partial charge in [-0.05, 0) is 18.2 Å². The number of nitrogens with one attached hydrogen (secondary N) is 1. The van der Waals surface area contributed by atoms with Gasteiger partial charge in [0.25, 0.3) is 0 Å². The predicted octanol–water partition coefficient (Wildman–Crippen LogP) is 0.507. The lowest BCUT2D eigenvalue weighted by atomic mass is 10.2. The van der Waals surface area contributed by atoms with Crippen molar-refractivity contribution < 1.29 is 27.5 Å². The molecule has 2 N–H and O–H groups in total. The minimum absolute atomic E-state index is 0.270. The van der Waals surface area contributed by atoms with E-state index >= 15 is 0 Å². The lowest BCUT2D eigenvalue weighted by Gasteiger charge is -2.06. The number of hydrogen-bond acceptors (Lipinski definition) is 4. The molecule has 0 aliphatic heterocycles. The smallest absolute Gasteiger partial charge is 0.335 e. The Kier molecular flexibility index (Phi) is 4.02. The molecule has 6 nitrogen and oxygen atoms in total. The molecular formula is C10H10FNO5S. The molecule has 18 heavy (non-hydrogen) atoms. The van der Waals surface area contributed by atoms with E-state index in [1.165, 1.54) is 0 Å². The number of hydrogen-bond donors (Lipinski definition) is 2. The normalized spacial score (nSPS) is 11.0. The van der Waals surface area contributed by atoms with Crippen LogP contribution in [0, 0.1) is 5.82 Å². The van der Waals surface area contributed by atoms with Gasteiger partial charge in [-0.25, -0.2) is 17.6 Å². The fourth-order valence-electron chi connectivity index (χ4n) is 1.17. The highest BCUT2D eigenvalue weighted by Crippen LogP contribution is 2.15. The fourth-order valence-corrected chi connectivity index (χ4v) is 1.72. The molecule has 0 atom stereocenters. The quantitative estimate of drug-likeness (QED) is 0.833. The first kappa shape index (κ1) is 14.1. The molecule has 8 heteroatoms. The number of aromatic carboxylic acids is 1. The molecule has 0 fully saturated rings. The summed E-state index contributed by atoms with van der Waals surface area (Å²) in [5, 5.41) is 10.6. The Bertz CT molecular complexity index is 596. The van der Waals surface area contributed by atoms with Gasteiger partial charge in [0.2, 0.25) is 5.91 Å². The van der Waals surface area contributed by atoms with Crippen LogP contribution in [-0.2, 0) is 14.6 Å². The zero-order valence-corrected chi connectivity index (χ0v) is 10.1. The van der Waals surface area contributed by atoms with Crippen molar-refractivity contribution in [2.24, 2.45) is 0 Å². The Morgan fingerprint density at radius 2 is 2.00 bits per heavy atom. The van der Waals surface area contributed by atoms with Crippen LogP contribution in [0.1, 0.15) is 10.4 Å². The monoisotopic (exact) mass is 275 g/mol. The summed E-state index contributed by atoms with van der Waals surface area (Å²) in [6.07, 6.45) is 0.871. The Labute approximate surface area is 102 Å². The van der Waals surface area contributed by atoms with Gasteiger partial charge in [-0.1, -0.05) is 0 Å². The number of carbonyl (C=O) groups is 2. The first-order valence-corrected chi connectivity index (χ1v) is 6.75. The second kappa shape index (κ2) is 5.13. The van der Waals surface area contributed by atoms with Gasteiger partial charge in [0, 0.05) is 6.26 Å². The van der Waals surface area contributed by atoms with E-state index in [2.05, 4.69) is 0 Å². The zero-order chi connectivity index (χ0) is 13.9. The highest BCUT2D eigenvalue weighted by Gasteiger charge is 2.14. The Morgan fingerprint density at radius 1 is 1.39 bits per heavy atom. The molecule has 0 heterocycles. The summed E-state index contributed by atoms with van der Waals surface area (Å²) in [7, 11) is -3.51. The molecular weight excluding hydrogens is 265 g/mol. The van der Waals surface area contributed by atoms with Crippen molar-refractivity contribution in [1.29, 1.82) is 0 Å². The molecule has 1 rings (SSSR count). The van der Waals surface area contributed by atoms with Crippen LogP contribution in [-0.4, -0.2) is 37.4 Å². The Hall–Kier alpha value is -1.96. The van der Waals surface area contributed by atoms with Gasteiger partial charge in [-0.15, -0.1) is 0 Å². The van der Waals surface area contributed by atoms with Gasteiger partial charge in [0.05, 0.1) is 11.3 Å². The molecule has 98 valence electrons. The molecule has 0 aliphatic carbocycles. The van der Waals surface area contributed by atoms with E-state index in [4.69, 9.17) is 5.11 Å². The topological polar surface area (TPSA) is 101 Å². The number of halogens is 1. The van der Waals surface area contributed by atoms with E-state index in [9.17, 15) is 22.4 Å². The molecule has 0 aliphatic rings. The molecule has 0 bridgehead atoms. The summed E-state index contributed by atoms with van der Waals surface area (Å²) in [5.74, 6) is -3.91. The van der Waals surface area contributed by atoms with Crippen LogP contribution in [0.15, 0.2) is 18.2 Å². The van der Waals surface area contributed by atoms with Crippen LogP contribution >= 0.6 is 0 Å². The zero-order valence-electron chi connectivity index (χ0n) is 9.31. The van der Waals surface area contributed by atoms with Crippen molar-refractivity contribution in [1.82, 2.24) is 0 Å². The summed E-state index contributed by atoms with van der Waals surface area (Å²) in [6, 6.07) is 2.89. The number of carboxylic acids is 1. The summed E-state index contributed by atoms with van der Waals surface area (Å²) in [6.45, 7) is 0.